The number of primary amides is 2. The van der Waals surface area contributed by atoms with Crippen molar-refractivity contribution in [2.24, 2.45) is 45.3 Å². The van der Waals surface area contributed by atoms with Gasteiger partial charge >= 0.3 is 17.9 Å². The molecule has 36 nitrogen and oxygen atoms in total. The second-order valence-electron chi connectivity index (χ2n) is 21.7. The molecule has 0 fully saturated rings. The van der Waals surface area contributed by atoms with Crippen LogP contribution in [0.2, 0.25) is 0 Å². The van der Waals surface area contributed by atoms with Crippen molar-refractivity contribution in [2.75, 3.05) is 26.2 Å². The van der Waals surface area contributed by atoms with Gasteiger partial charge in [-0.2, -0.15) is 0 Å². The molecule has 0 aromatic heterocycles. The number of carboxylic acid groups (broad SMARTS) is 3. The molecule has 2 rings (SSSR count). The number of carboxylic acids is 3. The highest BCUT2D eigenvalue weighted by Gasteiger charge is 2.36. The molecule has 0 heterocycles. The average Bonchev–Trinajstić information content (AvgIpc) is 1.04. The molecule has 0 bridgehead atoms. The first kappa shape index (κ1) is 78.6. The summed E-state index contributed by atoms with van der Waals surface area (Å²) >= 11 is 0. The van der Waals surface area contributed by atoms with Crippen LogP contribution in [0.1, 0.15) is 95.6 Å². The van der Waals surface area contributed by atoms with Gasteiger partial charge in [0.05, 0.1) is 32.0 Å². The van der Waals surface area contributed by atoms with Crippen molar-refractivity contribution < 1.29 is 92.3 Å². The Bertz CT molecular complexity index is 2970. The van der Waals surface area contributed by atoms with Crippen LogP contribution in [0, 0.1) is 5.92 Å². The van der Waals surface area contributed by atoms with Gasteiger partial charge in [-0.05, 0) is 80.7 Å². The van der Waals surface area contributed by atoms with Gasteiger partial charge in [-0.15, -0.1) is 0 Å². The molecule has 0 spiro atoms. The van der Waals surface area contributed by atoms with E-state index in [9.17, 15) is 87.2 Å². The predicted octanol–water partition coefficient (Wildman–Crippen LogP) is -6.98. The van der Waals surface area contributed by atoms with Crippen LogP contribution in [0.3, 0.4) is 0 Å². The van der Waals surface area contributed by atoms with Gasteiger partial charge in [-0.25, -0.2) is 4.79 Å². The van der Waals surface area contributed by atoms with Gasteiger partial charge in [-0.3, -0.25) is 72.1 Å². The number of carbonyl (C=O) groups excluding carboxylic acids is 12. The van der Waals surface area contributed by atoms with Crippen LogP contribution in [0.4, 0.5) is 0 Å². The number of phenolic OH excluding ortho intramolecular Hbond substituents is 1. The number of phenols is 1. The number of benzene rings is 2. The maximum atomic E-state index is 14.2. The standard InChI is InChI=1S/C57H85N17O19/c1-29(2)47(55(91)73-38(23-30-9-4-3-5-10-30)53(89)70-34(11-6-7-21-58)49(85)65-28-44(79)68-40(56(92)93)26-46(82)83)74-54(90)39(25-45(80)81)67-43(78)27-66-50(86)37(24-31-13-15-32(75)16-14-31)72-52(88)36(18-20-42(61)77)71-51(87)35(12-8-22-64-57(62)63)69-48(84)33(59)17-19-41(60)76/h3-5,9-10,13-16,29,33-40,47,75H,6-8,11-12,17-28,58-59H2,1-2H3,(H2,60,76)(H2,61,77)(H,65,85)(H,66,86)(H,67,78)(H,68,79)(H,69,84)(H,70,89)(H,71,87)(H,72,88)(H,73,91)(H,74,90)(H,80,81)(H,82,83)(H,92,93)(H4,62,63,64)/t33-,34-,35-,36-,37-,38-,39-,40-,47-/m0/s1. The van der Waals surface area contributed by atoms with Crippen LogP contribution < -0.4 is 87.6 Å². The molecule has 93 heavy (non-hydrogen) atoms. The van der Waals surface area contributed by atoms with Crippen LogP contribution in [0.15, 0.2) is 59.6 Å². The number of amides is 12. The monoisotopic (exact) mass is 1310 g/mol. The number of nitrogens with one attached hydrogen (secondary N) is 10. The van der Waals surface area contributed by atoms with Crippen molar-refractivity contribution in [1.82, 2.24) is 53.2 Å². The zero-order valence-electron chi connectivity index (χ0n) is 51.3. The van der Waals surface area contributed by atoms with E-state index in [-0.39, 0.29) is 76.2 Å². The maximum Gasteiger partial charge on any atom is 0.326 e. The van der Waals surface area contributed by atoms with Crippen LogP contribution in [0.5, 0.6) is 5.75 Å². The molecule has 26 N–H and O–H groups in total. The first-order valence-electron chi connectivity index (χ1n) is 29.3. The first-order chi connectivity index (χ1) is 43.8. The lowest BCUT2D eigenvalue weighted by Gasteiger charge is -2.28. The number of rotatable bonds is 44. The quantitative estimate of drug-likeness (QED) is 0.0167. The Balaban J connectivity index is 2.41. The summed E-state index contributed by atoms with van der Waals surface area (Å²) in [4.78, 5) is 199. The lowest BCUT2D eigenvalue weighted by atomic mass is 9.99. The van der Waals surface area contributed by atoms with Gasteiger partial charge in [0.2, 0.25) is 70.9 Å². The molecule has 2 aromatic rings. The van der Waals surface area contributed by atoms with Gasteiger partial charge < -0.3 is 108 Å². The number of hydrogen-bond acceptors (Lipinski definition) is 19. The summed E-state index contributed by atoms with van der Waals surface area (Å²) in [6.07, 6.45) is -3.53. The van der Waals surface area contributed by atoms with E-state index in [0.29, 0.717) is 17.5 Å². The number of carbonyl (C=O) groups is 15. The minimum atomic E-state index is -1.94. The van der Waals surface area contributed by atoms with E-state index in [1.807, 2.05) is 5.32 Å². The van der Waals surface area contributed by atoms with Crippen LogP contribution in [-0.4, -0.2) is 196 Å². The van der Waals surface area contributed by atoms with Gasteiger partial charge in [0.1, 0.15) is 54.1 Å². The minimum absolute atomic E-state index is 0.0126. The molecule has 9 atom stereocenters. The summed E-state index contributed by atoms with van der Waals surface area (Å²) in [5.74, 6) is -18.1. The van der Waals surface area contributed by atoms with E-state index in [1.54, 1.807) is 30.3 Å². The fourth-order valence-corrected chi connectivity index (χ4v) is 8.63. The third kappa shape index (κ3) is 31.7. The number of nitrogens with zero attached hydrogens (tertiary/aromatic N) is 1. The molecule has 0 saturated carbocycles. The Labute approximate surface area is 533 Å². The van der Waals surface area contributed by atoms with E-state index in [4.69, 9.17) is 39.5 Å². The molecule has 512 valence electrons. The third-order valence-corrected chi connectivity index (χ3v) is 13.6. The highest BCUT2D eigenvalue weighted by atomic mass is 16.4. The molecule has 0 unspecified atom stereocenters. The molecule has 0 saturated heterocycles. The number of aromatic hydroxyl groups is 1. The van der Waals surface area contributed by atoms with Crippen molar-refractivity contribution in [3.05, 3.63) is 65.7 Å². The highest BCUT2D eigenvalue weighted by Crippen LogP contribution is 2.14. The highest BCUT2D eigenvalue weighted by molar-refractivity contribution is 5.99. The fourth-order valence-electron chi connectivity index (χ4n) is 8.63. The van der Waals surface area contributed by atoms with Crippen molar-refractivity contribution in [3.8, 4) is 5.75 Å². The van der Waals surface area contributed by atoms with Crippen LogP contribution in [-0.2, 0) is 84.8 Å². The number of hydrogen-bond donors (Lipinski definition) is 20. The SMILES string of the molecule is CC(C)[C@H](NC(=O)[C@H](CC(=O)O)NC(=O)CNC(=O)[C@H](Cc1ccc(O)cc1)NC(=O)[C@H](CCC(N)=O)NC(=O)[C@H](CCCN=C(N)N)NC(=O)[C@@H](N)CCC(N)=O)C(=O)N[C@@H](Cc1ccccc1)C(=O)N[C@@H](CCCCN)C(=O)NCC(=O)N[C@@H](CC(=O)O)C(=O)O. The summed E-state index contributed by atoms with van der Waals surface area (Å²) in [7, 11) is 0. The van der Waals surface area contributed by atoms with Crippen molar-refractivity contribution >= 4 is 94.8 Å². The van der Waals surface area contributed by atoms with E-state index in [1.165, 1.54) is 38.1 Å². The Morgan fingerprint density at radius 1 is 0.462 bits per heavy atom. The summed E-state index contributed by atoms with van der Waals surface area (Å²) in [5, 5.41) is 61.7. The summed E-state index contributed by atoms with van der Waals surface area (Å²) in [5.41, 5.74) is 33.8. The van der Waals surface area contributed by atoms with Gasteiger partial charge in [-0.1, -0.05) is 56.3 Å². The van der Waals surface area contributed by atoms with Crippen LogP contribution >= 0.6 is 0 Å². The number of unbranched alkanes of at least 4 members (excludes halogenated alkanes) is 1. The van der Waals surface area contributed by atoms with Crippen LogP contribution in [0.25, 0.3) is 0 Å². The zero-order chi connectivity index (χ0) is 69.9. The largest absolute Gasteiger partial charge is 0.508 e. The molecule has 36 heteroatoms. The van der Waals surface area contributed by atoms with E-state index < -0.39 is 188 Å². The molecular formula is C57H85N17O19. The molecule has 0 aliphatic carbocycles. The van der Waals surface area contributed by atoms with Gasteiger partial charge in [0, 0.05) is 32.2 Å². The Kier molecular flexibility index (Phi) is 34.6. The van der Waals surface area contributed by atoms with Gasteiger partial charge in [0.15, 0.2) is 5.96 Å². The fraction of sp³-hybridized carbons (Fsp3) is 0.509. The van der Waals surface area contributed by atoms with Crippen molar-refractivity contribution in [2.45, 2.75) is 152 Å². The first-order valence-corrected chi connectivity index (χ1v) is 29.3. The molecule has 12 amide bonds. The predicted molar refractivity (Wildman–Crippen MR) is 328 cm³/mol. The second kappa shape index (κ2) is 41.0. The molecule has 0 aliphatic heterocycles. The topological polar surface area (TPSA) is 626 Å². The minimum Gasteiger partial charge on any atom is -0.508 e. The molecular weight excluding hydrogens is 1230 g/mol. The average molecular weight is 1310 g/mol. The number of aliphatic imine (C=N–C) groups is 1. The molecule has 0 radical (unpaired) electrons. The number of guanidine groups is 1. The van der Waals surface area contributed by atoms with Gasteiger partial charge in [0.25, 0.3) is 0 Å². The lowest BCUT2D eigenvalue weighted by molar-refractivity contribution is -0.147. The number of aliphatic carboxylic acids is 3. The summed E-state index contributed by atoms with van der Waals surface area (Å²) in [6, 6.07) is -0.790. The third-order valence-electron chi connectivity index (χ3n) is 13.6. The maximum absolute atomic E-state index is 14.2. The lowest BCUT2D eigenvalue weighted by Crippen LogP contribution is -2.60. The zero-order valence-corrected chi connectivity index (χ0v) is 51.3. The summed E-state index contributed by atoms with van der Waals surface area (Å²) in [6.45, 7) is 1.32. The molecule has 2 aromatic carbocycles. The van der Waals surface area contributed by atoms with Crippen molar-refractivity contribution in [3.63, 3.8) is 0 Å². The van der Waals surface area contributed by atoms with Crippen molar-refractivity contribution in [1.29, 1.82) is 0 Å². The Hall–Kier alpha value is -10.5. The molecule has 0 aliphatic rings. The number of nitrogens with two attached hydrogens (primary N) is 6. The Morgan fingerprint density at radius 3 is 1.41 bits per heavy atom. The smallest absolute Gasteiger partial charge is 0.326 e. The summed E-state index contributed by atoms with van der Waals surface area (Å²) < 4.78 is 0. The van der Waals surface area contributed by atoms with E-state index in [0.717, 1.165) is 0 Å². The normalized spacial score (nSPS) is 13.7. The van der Waals surface area contributed by atoms with E-state index in [2.05, 4.69) is 52.8 Å². The Morgan fingerprint density at radius 2 is 0.892 bits per heavy atom. The van der Waals surface area contributed by atoms with E-state index >= 15 is 0 Å². The second-order valence-corrected chi connectivity index (χ2v) is 21.7.